The molecule has 10 heteroatoms. The number of thiophene rings is 2. The topological polar surface area (TPSA) is 84.4 Å². The van der Waals surface area contributed by atoms with E-state index in [1.807, 2.05) is 24.3 Å². The molecular weight excluding hydrogens is 464 g/mol. The third-order valence-corrected chi connectivity index (χ3v) is 10.1. The Hall–Kier alpha value is -2.37. The van der Waals surface area contributed by atoms with Gasteiger partial charge in [0.05, 0.1) is 25.1 Å². The fourth-order valence-corrected chi connectivity index (χ4v) is 7.76. The van der Waals surface area contributed by atoms with Crippen molar-refractivity contribution < 1.29 is 13.2 Å². The highest BCUT2D eigenvalue weighted by atomic mass is 32.2. The van der Waals surface area contributed by atoms with Crippen LogP contribution in [-0.4, -0.2) is 49.0 Å². The second-order valence-electron chi connectivity index (χ2n) is 7.42. The molecule has 1 aliphatic rings. The summed E-state index contributed by atoms with van der Waals surface area (Å²) < 4.78 is 32.9. The summed E-state index contributed by atoms with van der Waals surface area (Å²) in [6.45, 7) is 4.25. The number of anilines is 1. The maximum absolute atomic E-state index is 12.9. The Bertz CT molecular complexity index is 1340. The molecule has 0 atom stereocenters. The second kappa shape index (κ2) is 8.87. The fraction of sp³-hybridized carbons (Fsp3) is 0.273. The predicted molar refractivity (Wildman–Crippen MR) is 129 cm³/mol. The normalized spacial score (nSPS) is 15.3. The molecule has 0 aliphatic carbocycles. The van der Waals surface area contributed by atoms with Gasteiger partial charge in [-0.2, -0.15) is 4.31 Å². The summed E-state index contributed by atoms with van der Waals surface area (Å²) in [4.78, 5) is 12.0. The van der Waals surface area contributed by atoms with Gasteiger partial charge in [0.25, 0.3) is 10.0 Å². The largest absolute Gasteiger partial charge is 0.379 e. The summed E-state index contributed by atoms with van der Waals surface area (Å²) in [6, 6.07) is 13.8. The number of ether oxygens (including phenoxy) is 1. The molecule has 0 spiro atoms. The SMILES string of the molecule is Cc1c(-c2ccccc2)sc2ncnc(NCc3ccc(S(=O)(=O)N4CCOCC4)s3)c12. The number of hydrogen-bond acceptors (Lipinski definition) is 8. The van der Waals surface area contributed by atoms with Crippen LogP contribution >= 0.6 is 22.7 Å². The number of aryl methyl sites for hydroxylation is 1. The molecule has 0 amide bonds. The number of nitrogens with one attached hydrogen (secondary N) is 1. The molecule has 4 aromatic rings. The molecule has 166 valence electrons. The van der Waals surface area contributed by atoms with E-state index in [1.54, 1.807) is 23.7 Å². The van der Waals surface area contributed by atoms with Crippen LogP contribution < -0.4 is 5.32 Å². The van der Waals surface area contributed by atoms with Gasteiger partial charge in [0.2, 0.25) is 0 Å². The van der Waals surface area contributed by atoms with E-state index in [1.165, 1.54) is 20.5 Å². The third kappa shape index (κ3) is 4.04. The lowest BCUT2D eigenvalue weighted by Crippen LogP contribution is -2.40. The van der Waals surface area contributed by atoms with Gasteiger partial charge >= 0.3 is 0 Å². The number of morpholine rings is 1. The zero-order valence-electron chi connectivity index (χ0n) is 17.4. The molecule has 1 aromatic carbocycles. The van der Waals surface area contributed by atoms with Crippen molar-refractivity contribution in [2.75, 3.05) is 31.6 Å². The Labute approximate surface area is 194 Å². The molecule has 7 nitrogen and oxygen atoms in total. The monoisotopic (exact) mass is 486 g/mol. The first kappa shape index (κ1) is 21.5. The standard InChI is InChI=1S/C22H22N4O3S3/c1-15-19-21(24-14-25-22(19)31-20(15)16-5-3-2-4-6-16)23-13-17-7-8-18(30-17)32(27,28)26-9-11-29-12-10-26/h2-8,14H,9-13H2,1H3,(H,23,24,25). The zero-order chi connectivity index (χ0) is 22.1. The van der Waals surface area contributed by atoms with E-state index in [0.29, 0.717) is 37.1 Å². The minimum atomic E-state index is -3.47. The van der Waals surface area contributed by atoms with Gasteiger partial charge in [-0.05, 0) is 30.2 Å². The number of fused-ring (bicyclic) bond motifs is 1. The highest BCUT2D eigenvalue weighted by molar-refractivity contribution is 7.91. The van der Waals surface area contributed by atoms with Crippen molar-refractivity contribution in [1.29, 1.82) is 0 Å². The lowest BCUT2D eigenvalue weighted by atomic mass is 10.1. The average molecular weight is 487 g/mol. The van der Waals surface area contributed by atoms with Crippen LogP contribution in [0.4, 0.5) is 5.82 Å². The molecule has 32 heavy (non-hydrogen) atoms. The van der Waals surface area contributed by atoms with Crippen molar-refractivity contribution in [3.8, 4) is 10.4 Å². The van der Waals surface area contributed by atoms with Crippen LogP contribution in [0.5, 0.6) is 0 Å². The fourth-order valence-electron chi connectivity index (χ4n) is 3.75. The van der Waals surface area contributed by atoms with Gasteiger partial charge in [-0.25, -0.2) is 18.4 Å². The van der Waals surface area contributed by atoms with Crippen LogP contribution in [0.15, 0.2) is 53.0 Å². The first-order valence-electron chi connectivity index (χ1n) is 10.2. The lowest BCUT2D eigenvalue weighted by Gasteiger charge is -2.25. The Morgan fingerprint density at radius 1 is 1.06 bits per heavy atom. The van der Waals surface area contributed by atoms with E-state index in [0.717, 1.165) is 32.0 Å². The molecule has 5 rings (SSSR count). The van der Waals surface area contributed by atoms with Gasteiger partial charge < -0.3 is 10.1 Å². The average Bonchev–Trinajstić information content (AvgIpc) is 3.44. The molecule has 4 heterocycles. The first-order chi connectivity index (χ1) is 15.5. The van der Waals surface area contributed by atoms with Crippen molar-refractivity contribution in [3.63, 3.8) is 0 Å². The minimum absolute atomic E-state index is 0.363. The van der Waals surface area contributed by atoms with Crippen molar-refractivity contribution in [3.05, 3.63) is 59.2 Å². The predicted octanol–water partition coefficient (Wildman–Crippen LogP) is 4.36. The molecule has 0 unspecified atom stereocenters. The first-order valence-corrected chi connectivity index (χ1v) is 13.3. The second-order valence-corrected chi connectivity index (χ2v) is 11.7. The summed E-state index contributed by atoms with van der Waals surface area (Å²) in [6.07, 6.45) is 1.57. The zero-order valence-corrected chi connectivity index (χ0v) is 19.9. The van der Waals surface area contributed by atoms with Gasteiger partial charge in [0.15, 0.2) is 0 Å². The summed E-state index contributed by atoms with van der Waals surface area (Å²) in [5.74, 6) is 0.761. The highest BCUT2D eigenvalue weighted by Gasteiger charge is 2.27. The van der Waals surface area contributed by atoms with E-state index in [4.69, 9.17) is 4.74 Å². The lowest BCUT2D eigenvalue weighted by molar-refractivity contribution is 0.0731. The Morgan fingerprint density at radius 2 is 1.84 bits per heavy atom. The van der Waals surface area contributed by atoms with Gasteiger partial charge in [0, 0.05) is 22.8 Å². The highest BCUT2D eigenvalue weighted by Crippen LogP contribution is 2.39. The van der Waals surface area contributed by atoms with Crippen molar-refractivity contribution in [2.45, 2.75) is 17.7 Å². The van der Waals surface area contributed by atoms with Crippen LogP contribution in [0.3, 0.4) is 0 Å². The maximum atomic E-state index is 12.9. The summed E-state index contributed by atoms with van der Waals surface area (Å²) in [5, 5.41) is 4.40. The molecule has 0 saturated carbocycles. The maximum Gasteiger partial charge on any atom is 0.252 e. The summed E-state index contributed by atoms with van der Waals surface area (Å²) >= 11 is 2.94. The number of hydrogen-bond donors (Lipinski definition) is 1. The van der Waals surface area contributed by atoms with Crippen molar-refractivity contribution in [1.82, 2.24) is 14.3 Å². The van der Waals surface area contributed by atoms with Crippen LogP contribution in [0, 0.1) is 6.92 Å². The number of aromatic nitrogens is 2. The molecule has 1 saturated heterocycles. The van der Waals surface area contributed by atoms with Crippen LogP contribution in [0.1, 0.15) is 10.4 Å². The Kier molecular flexibility index (Phi) is 5.95. The third-order valence-electron chi connectivity index (χ3n) is 5.39. The molecule has 3 aromatic heterocycles. The van der Waals surface area contributed by atoms with Crippen LogP contribution in [0.25, 0.3) is 20.7 Å². The van der Waals surface area contributed by atoms with E-state index < -0.39 is 10.0 Å². The molecule has 0 bridgehead atoms. The van der Waals surface area contributed by atoms with Crippen molar-refractivity contribution in [2.24, 2.45) is 0 Å². The van der Waals surface area contributed by atoms with E-state index in [-0.39, 0.29) is 0 Å². The van der Waals surface area contributed by atoms with Gasteiger partial charge in [-0.15, -0.1) is 22.7 Å². The van der Waals surface area contributed by atoms with E-state index in [2.05, 4.69) is 34.3 Å². The Balaban J connectivity index is 1.38. The van der Waals surface area contributed by atoms with Gasteiger partial charge in [-0.3, -0.25) is 0 Å². The molecule has 1 N–H and O–H groups in total. The Morgan fingerprint density at radius 3 is 2.62 bits per heavy atom. The van der Waals surface area contributed by atoms with Crippen LogP contribution in [-0.2, 0) is 21.3 Å². The number of benzene rings is 1. The summed E-state index contributed by atoms with van der Waals surface area (Å²) in [5.41, 5.74) is 2.30. The number of rotatable bonds is 6. The minimum Gasteiger partial charge on any atom is -0.379 e. The van der Waals surface area contributed by atoms with Gasteiger partial charge in [0.1, 0.15) is 21.2 Å². The molecule has 0 radical (unpaired) electrons. The quantitative estimate of drug-likeness (QED) is 0.436. The van der Waals surface area contributed by atoms with Crippen molar-refractivity contribution >= 4 is 48.7 Å². The van der Waals surface area contributed by atoms with E-state index >= 15 is 0 Å². The number of nitrogens with zero attached hydrogens (tertiary/aromatic N) is 3. The molecule has 1 fully saturated rings. The number of sulfonamides is 1. The van der Waals surface area contributed by atoms with E-state index in [9.17, 15) is 8.42 Å². The molecule has 1 aliphatic heterocycles. The van der Waals surface area contributed by atoms with Gasteiger partial charge in [-0.1, -0.05) is 30.3 Å². The molecular formula is C22H22N4O3S3. The smallest absolute Gasteiger partial charge is 0.252 e. The van der Waals surface area contributed by atoms with Crippen LogP contribution in [0.2, 0.25) is 0 Å². The summed E-state index contributed by atoms with van der Waals surface area (Å²) in [7, 11) is -3.47.